The Balaban J connectivity index is 1.32. The molecule has 2 saturated carbocycles. The van der Waals surface area contributed by atoms with Gasteiger partial charge >= 0.3 is 0 Å². The predicted molar refractivity (Wildman–Crippen MR) is 101 cm³/mol. The van der Waals surface area contributed by atoms with E-state index < -0.39 is 0 Å². The SMILES string of the molecule is CO[C@@H]1C[C@H]2CN(C(=O)c3cccc(=O)[nH]3)C[C@H]2C[C@H]1n1cc(C2CC2)nn1. The minimum Gasteiger partial charge on any atom is -0.379 e. The first-order valence-electron chi connectivity index (χ1n) is 10.1. The molecule has 0 unspecified atom stereocenters. The second kappa shape index (κ2) is 6.84. The number of nitrogens with one attached hydrogen (secondary N) is 1. The summed E-state index contributed by atoms with van der Waals surface area (Å²) < 4.78 is 7.79. The number of H-pyrrole nitrogens is 1. The summed E-state index contributed by atoms with van der Waals surface area (Å²) in [7, 11) is 1.75. The second-order valence-electron chi connectivity index (χ2n) is 8.37. The molecule has 8 nitrogen and oxygen atoms in total. The first kappa shape index (κ1) is 17.6. The molecule has 2 aromatic rings. The zero-order valence-corrected chi connectivity index (χ0v) is 16.0. The number of pyridine rings is 1. The molecule has 1 amide bonds. The van der Waals surface area contributed by atoms with Crippen molar-refractivity contribution in [1.82, 2.24) is 24.9 Å². The van der Waals surface area contributed by atoms with Crippen LogP contribution in [0.4, 0.5) is 0 Å². The standard InChI is InChI=1S/C20H25N5O3/c1-28-18-8-14-10-24(20(27)15-3-2-4-19(26)21-15)9-13(14)7-17(18)25-11-16(22-23-25)12-5-6-12/h2-4,11-14,17-18H,5-10H2,1H3,(H,21,26)/t13-,14+,17-,18-/m1/s1. The van der Waals surface area contributed by atoms with Gasteiger partial charge in [-0.2, -0.15) is 0 Å². The predicted octanol–water partition coefficient (Wildman–Crippen LogP) is 1.58. The van der Waals surface area contributed by atoms with Gasteiger partial charge in [0.15, 0.2) is 0 Å². The van der Waals surface area contributed by atoms with Gasteiger partial charge in [0.2, 0.25) is 5.56 Å². The Hall–Kier alpha value is -2.48. The van der Waals surface area contributed by atoms with Gasteiger partial charge in [-0.1, -0.05) is 11.3 Å². The van der Waals surface area contributed by atoms with Crippen molar-refractivity contribution in [3.63, 3.8) is 0 Å². The molecule has 5 rings (SSSR count). The molecule has 1 N–H and O–H groups in total. The fourth-order valence-electron chi connectivity index (χ4n) is 4.85. The fraction of sp³-hybridized carbons (Fsp3) is 0.600. The molecule has 2 aliphatic carbocycles. The van der Waals surface area contributed by atoms with E-state index in [-0.39, 0.29) is 23.6 Å². The van der Waals surface area contributed by atoms with Crippen molar-refractivity contribution in [2.24, 2.45) is 11.8 Å². The van der Waals surface area contributed by atoms with Crippen LogP contribution < -0.4 is 5.56 Å². The van der Waals surface area contributed by atoms with Crippen LogP contribution >= 0.6 is 0 Å². The number of carbonyl (C=O) groups is 1. The molecule has 1 aliphatic heterocycles. The Morgan fingerprint density at radius 3 is 2.71 bits per heavy atom. The molecule has 0 bridgehead atoms. The summed E-state index contributed by atoms with van der Waals surface area (Å²) in [5.41, 5.74) is 1.20. The van der Waals surface area contributed by atoms with Crippen LogP contribution in [0.3, 0.4) is 0 Å². The lowest BCUT2D eigenvalue weighted by molar-refractivity contribution is -0.00546. The molecule has 4 atom stereocenters. The van der Waals surface area contributed by atoms with Crippen LogP contribution in [0, 0.1) is 11.8 Å². The molecule has 0 aromatic carbocycles. The van der Waals surface area contributed by atoms with Gasteiger partial charge in [0, 0.05) is 38.4 Å². The van der Waals surface area contributed by atoms with Crippen LogP contribution in [0.15, 0.2) is 29.2 Å². The Labute approximate surface area is 162 Å². The summed E-state index contributed by atoms with van der Waals surface area (Å²) in [4.78, 5) is 28.9. The van der Waals surface area contributed by atoms with Gasteiger partial charge in [-0.05, 0) is 43.6 Å². The number of nitrogens with zero attached hydrogens (tertiary/aromatic N) is 4. The lowest BCUT2D eigenvalue weighted by Crippen LogP contribution is -2.37. The van der Waals surface area contributed by atoms with Gasteiger partial charge < -0.3 is 14.6 Å². The van der Waals surface area contributed by atoms with Crippen molar-refractivity contribution in [2.75, 3.05) is 20.2 Å². The Kier molecular flexibility index (Phi) is 4.30. The maximum atomic E-state index is 12.8. The summed E-state index contributed by atoms with van der Waals surface area (Å²) in [5.74, 6) is 1.30. The normalized spacial score (nSPS) is 29.7. The van der Waals surface area contributed by atoms with E-state index in [4.69, 9.17) is 4.74 Å². The highest BCUT2D eigenvalue weighted by Gasteiger charge is 2.45. The molecule has 148 valence electrons. The maximum Gasteiger partial charge on any atom is 0.270 e. The van der Waals surface area contributed by atoms with Crippen LogP contribution in [0.5, 0.6) is 0 Å². The van der Waals surface area contributed by atoms with Crippen molar-refractivity contribution in [3.05, 3.63) is 46.1 Å². The molecule has 3 fully saturated rings. The molecular formula is C20H25N5O3. The quantitative estimate of drug-likeness (QED) is 0.865. The first-order valence-corrected chi connectivity index (χ1v) is 10.1. The number of rotatable bonds is 4. The number of methoxy groups -OCH3 is 1. The number of amides is 1. The van der Waals surface area contributed by atoms with Gasteiger partial charge in [0.1, 0.15) is 5.69 Å². The zero-order chi connectivity index (χ0) is 19.3. The molecule has 3 heterocycles. The van der Waals surface area contributed by atoms with Crippen LogP contribution in [0.2, 0.25) is 0 Å². The summed E-state index contributed by atoms with van der Waals surface area (Å²) in [6.07, 6.45) is 6.40. The number of hydrogen-bond donors (Lipinski definition) is 1. The number of fused-ring (bicyclic) bond motifs is 1. The Morgan fingerprint density at radius 1 is 1.21 bits per heavy atom. The minimum absolute atomic E-state index is 0.0709. The lowest BCUT2D eigenvalue weighted by atomic mass is 9.77. The average Bonchev–Trinajstić information content (AvgIpc) is 3.29. The molecule has 3 aliphatic rings. The van der Waals surface area contributed by atoms with Gasteiger partial charge in [0.25, 0.3) is 5.91 Å². The third kappa shape index (κ3) is 3.15. The van der Waals surface area contributed by atoms with Crippen molar-refractivity contribution in [1.29, 1.82) is 0 Å². The van der Waals surface area contributed by atoms with Crippen LogP contribution in [0.1, 0.15) is 53.8 Å². The first-order chi connectivity index (χ1) is 13.6. The van der Waals surface area contributed by atoms with Gasteiger partial charge in [-0.3, -0.25) is 9.59 Å². The maximum absolute atomic E-state index is 12.8. The second-order valence-corrected chi connectivity index (χ2v) is 8.37. The molecule has 2 aromatic heterocycles. The van der Waals surface area contributed by atoms with Crippen LogP contribution in [0.25, 0.3) is 0 Å². The van der Waals surface area contributed by atoms with Crippen LogP contribution in [-0.2, 0) is 4.74 Å². The van der Waals surface area contributed by atoms with Crippen molar-refractivity contribution >= 4 is 5.91 Å². The highest BCUT2D eigenvalue weighted by atomic mass is 16.5. The van der Waals surface area contributed by atoms with E-state index in [0.29, 0.717) is 36.5 Å². The minimum atomic E-state index is -0.250. The van der Waals surface area contributed by atoms with Gasteiger partial charge in [-0.15, -0.1) is 5.10 Å². The summed E-state index contributed by atoms with van der Waals surface area (Å²) >= 11 is 0. The van der Waals surface area contributed by atoms with E-state index in [1.807, 2.05) is 9.58 Å². The molecule has 28 heavy (non-hydrogen) atoms. The zero-order valence-electron chi connectivity index (χ0n) is 16.0. The molecule has 0 radical (unpaired) electrons. The van der Waals surface area contributed by atoms with Crippen molar-refractivity contribution in [3.8, 4) is 0 Å². The third-order valence-corrected chi connectivity index (χ3v) is 6.54. The summed E-state index contributed by atoms with van der Waals surface area (Å²) in [6, 6.07) is 4.86. The number of ether oxygens (including phenoxy) is 1. The van der Waals surface area contributed by atoms with E-state index in [0.717, 1.165) is 18.5 Å². The molecular weight excluding hydrogens is 358 g/mol. The van der Waals surface area contributed by atoms with Crippen molar-refractivity contribution < 1.29 is 9.53 Å². The molecule has 1 saturated heterocycles. The highest BCUT2D eigenvalue weighted by Crippen LogP contribution is 2.43. The Morgan fingerprint density at radius 2 is 2.00 bits per heavy atom. The van der Waals surface area contributed by atoms with E-state index in [2.05, 4.69) is 21.5 Å². The number of carbonyl (C=O) groups excluding carboxylic acids is 1. The fourth-order valence-corrected chi connectivity index (χ4v) is 4.85. The summed E-state index contributed by atoms with van der Waals surface area (Å²) in [6.45, 7) is 1.41. The molecule has 8 heteroatoms. The highest BCUT2D eigenvalue weighted by molar-refractivity contribution is 5.92. The Bertz CT molecular complexity index is 934. The number of likely N-dealkylation sites (tertiary alicyclic amines) is 1. The summed E-state index contributed by atoms with van der Waals surface area (Å²) in [5, 5.41) is 8.75. The molecule has 0 spiro atoms. The smallest absolute Gasteiger partial charge is 0.270 e. The van der Waals surface area contributed by atoms with E-state index in [1.54, 1.807) is 19.2 Å². The number of aromatic amines is 1. The van der Waals surface area contributed by atoms with E-state index in [9.17, 15) is 9.59 Å². The van der Waals surface area contributed by atoms with Crippen molar-refractivity contribution in [2.45, 2.75) is 43.7 Å². The largest absolute Gasteiger partial charge is 0.379 e. The number of hydrogen-bond acceptors (Lipinski definition) is 5. The van der Waals surface area contributed by atoms with E-state index in [1.165, 1.54) is 18.9 Å². The third-order valence-electron chi connectivity index (χ3n) is 6.54. The van der Waals surface area contributed by atoms with E-state index >= 15 is 0 Å². The topological polar surface area (TPSA) is 93.1 Å². The van der Waals surface area contributed by atoms with Gasteiger partial charge in [-0.25, -0.2) is 4.68 Å². The van der Waals surface area contributed by atoms with Crippen LogP contribution in [-0.4, -0.2) is 57.1 Å². The lowest BCUT2D eigenvalue weighted by Gasteiger charge is -2.36. The average molecular weight is 383 g/mol. The number of aromatic nitrogens is 4. The monoisotopic (exact) mass is 383 g/mol. The van der Waals surface area contributed by atoms with Gasteiger partial charge in [0.05, 0.1) is 17.8 Å².